The molecular formula is C21H17F6N5O2S2. The van der Waals surface area contributed by atoms with E-state index in [1.54, 1.807) is 5.38 Å². The fourth-order valence-corrected chi connectivity index (χ4v) is 6.37. The number of anilines is 2. The molecule has 0 radical (unpaired) electrons. The van der Waals surface area contributed by atoms with Gasteiger partial charge in [0, 0.05) is 23.0 Å². The van der Waals surface area contributed by atoms with Crippen LogP contribution in [0.2, 0.25) is 0 Å². The van der Waals surface area contributed by atoms with Crippen molar-refractivity contribution in [3.05, 3.63) is 58.5 Å². The van der Waals surface area contributed by atoms with Crippen LogP contribution in [0.25, 0.3) is 0 Å². The van der Waals surface area contributed by atoms with Crippen LogP contribution in [0, 0.1) is 16.7 Å². The molecular weight excluding hydrogens is 532 g/mol. The minimum Gasteiger partial charge on any atom is -0.384 e. The van der Waals surface area contributed by atoms with Gasteiger partial charge in [0.1, 0.15) is 11.9 Å². The number of halogens is 6. The van der Waals surface area contributed by atoms with E-state index >= 15 is 0 Å². The second-order valence-electron chi connectivity index (χ2n) is 8.02. The summed E-state index contributed by atoms with van der Waals surface area (Å²) in [6, 6.07) is 5.73. The van der Waals surface area contributed by atoms with Crippen molar-refractivity contribution in [2.45, 2.75) is 42.9 Å². The molecule has 4 rings (SSSR count). The van der Waals surface area contributed by atoms with E-state index in [0.717, 1.165) is 34.4 Å². The van der Waals surface area contributed by atoms with Gasteiger partial charge in [-0.15, -0.1) is 11.3 Å². The number of thiazole rings is 1. The zero-order valence-corrected chi connectivity index (χ0v) is 19.7. The first kappa shape index (κ1) is 25.8. The van der Waals surface area contributed by atoms with Crippen molar-refractivity contribution >= 4 is 32.2 Å². The number of hydrogen-bond donors (Lipinski definition) is 2. The molecule has 1 aromatic carbocycles. The fourth-order valence-electron chi connectivity index (χ4n) is 4.58. The number of nitrogens with one attached hydrogen (secondary N) is 1. The van der Waals surface area contributed by atoms with Crippen LogP contribution < -0.4 is 15.4 Å². The van der Waals surface area contributed by atoms with Crippen LogP contribution >= 0.6 is 11.3 Å². The molecule has 2 heterocycles. The van der Waals surface area contributed by atoms with Crippen molar-refractivity contribution in [3.63, 3.8) is 0 Å². The summed E-state index contributed by atoms with van der Waals surface area (Å²) in [5.41, 5.74) is -1.57. The predicted molar refractivity (Wildman–Crippen MR) is 119 cm³/mol. The lowest BCUT2D eigenvalue weighted by Crippen LogP contribution is -2.57. The Morgan fingerprint density at radius 1 is 1.08 bits per heavy atom. The van der Waals surface area contributed by atoms with E-state index in [1.165, 1.54) is 18.3 Å². The van der Waals surface area contributed by atoms with Gasteiger partial charge in [-0.05, 0) is 55.5 Å². The van der Waals surface area contributed by atoms with E-state index in [0.29, 0.717) is 6.42 Å². The molecule has 36 heavy (non-hydrogen) atoms. The molecule has 0 unspecified atom stereocenters. The smallest absolute Gasteiger partial charge is 0.384 e. The maximum absolute atomic E-state index is 14.3. The van der Waals surface area contributed by atoms with Gasteiger partial charge in [0.2, 0.25) is 5.41 Å². The molecule has 0 spiro atoms. The Hall–Kier alpha value is -3.25. The van der Waals surface area contributed by atoms with Gasteiger partial charge in [-0.1, -0.05) is 0 Å². The number of hydrogen-bond acceptors (Lipinski definition) is 7. The van der Waals surface area contributed by atoms with E-state index in [9.17, 15) is 40.0 Å². The van der Waals surface area contributed by atoms with Gasteiger partial charge in [0.25, 0.3) is 10.0 Å². The fraction of sp³-hybridized carbons (Fsp3) is 0.333. The van der Waals surface area contributed by atoms with Crippen LogP contribution in [0.5, 0.6) is 0 Å². The molecule has 15 heteroatoms. The van der Waals surface area contributed by atoms with Gasteiger partial charge in [0.15, 0.2) is 5.13 Å². The number of rotatable bonds is 4. The first-order valence-corrected chi connectivity index (χ1v) is 12.7. The molecule has 0 atom stereocenters. The van der Waals surface area contributed by atoms with Crippen LogP contribution in [0.15, 0.2) is 63.4 Å². The number of allylic oxidation sites excluding steroid dienone is 3. The molecule has 3 N–H and O–H groups in total. The van der Waals surface area contributed by atoms with Crippen molar-refractivity contribution in [3.8, 4) is 6.07 Å². The van der Waals surface area contributed by atoms with Crippen LogP contribution in [-0.4, -0.2) is 25.8 Å². The summed E-state index contributed by atoms with van der Waals surface area (Å²) in [7, 11) is -4.07. The first-order chi connectivity index (χ1) is 16.8. The second kappa shape index (κ2) is 8.70. The summed E-state index contributed by atoms with van der Waals surface area (Å²) in [4.78, 5) is 4.58. The highest BCUT2D eigenvalue weighted by Crippen LogP contribution is 2.64. The van der Waals surface area contributed by atoms with Gasteiger partial charge in [-0.2, -0.15) is 31.6 Å². The van der Waals surface area contributed by atoms with E-state index in [2.05, 4.69) is 9.71 Å². The number of aromatic nitrogens is 1. The van der Waals surface area contributed by atoms with Gasteiger partial charge < -0.3 is 5.73 Å². The van der Waals surface area contributed by atoms with Gasteiger partial charge in [-0.3, -0.25) is 9.62 Å². The lowest BCUT2D eigenvalue weighted by Gasteiger charge is -2.47. The first-order valence-electron chi connectivity index (χ1n) is 10.3. The topological polar surface area (TPSA) is 112 Å². The zero-order chi connectivity index (χ0) is 26.5. The van der Waals surface area contributed by atoms with Crippen LogP contribution in [0.1, 0.15) is 25.7 Å². The average Bonchev–Trinajstić information content (AvgIpc) is 3.29. The van der Waals surface area contributed by atoms with E-state index in [-0.39, 0.29) is 34.3 Å². The normalized spacial score (nSPS) is 18.6. The van der Waals surface area contributed by atoms with Gasteiger partial charge in [0.05, 0.1) is 10.5 Å². The standard InChI is InChI=1S/C21H17F6N5O2S2/c22-20(23,24)19(21(25,26)27)14-3-1-2-4-16(14)32(17(29)15(19)11-28)12-5-7-13(8-6-12)36(33,34)31-18-30-9-10-35-18/h5-10H,1-4,29H2,(H,30,31). The number of nitriles is 1. The van der Waals surface area contributed by atoms with E-state index in [1.807, 2.05) is 0 Å². The Morgan fingerprint density at radius 2 is 1.69 bits per heavy atom. The molecule has 1 aliphatic heterocycles. The SMILES string of the molecule is N#CC1=C(N)N(c2ccc(S(=O)(=O)Nc3nccs3)cc2)C2=C(CCCC2)C1(C(F)(F)F)C(F)(F)F. The Bertz CT molecular complexity index is 1360. The monoisotopic (exact) mass is 549 g/mol. The van der Waals surface area contributed by atoms with Crippen molar-refractivity contribution < 1.29 is 34.8 Å². The molecule has 0 bridgehead atoms. The Morgan fingerprint density at radius 3 is 2.22 bits per heavy atom. The minimum atomic E-state index is -5.87. The lowest BCUT2D eigenvalue weighted by molar-refractivity contribution is -0.311. The molecule has 0 saturated carbocycles. The molecule has 1 aromatic heterocycles. The molecule has 0 amide bonds. The Labute approximate surface area is 205 Å². The van der Waals surface area contributed by atoms with E-state index < -0.39 is 51.2 Å². The van der Waals surface area contributed by atoms with Gasteiger partial charge >= 0.3 is 12.4 Å². The lowest BCUT2D eigenvalue weighted by atomic mass is 9.66. The van der Waals surface area contributed by atoms with Crippen molar-refractivity contribution in [1.29, 1.82) is 5.26 Å². The Kier molecular flexibility index (Phi) is 6.24. The molecule has 7 nitrogen and oxygen atoms in total. The third-order valence-corrected chi connectivity index (χ3v) is 8.23. The summed E-state index contributed by atoms with van der Waals surface area (Å²) in [5, 5.41) is 11.2. The second-order valence-corrected chi connectivity index (χ2v) is 10.6. The summed E-state index contributed by atoms with van der Waals surface area (Å²) in [6.07, 6.45) is -10.7. The predicted octanol–water partition coefficient (Wildman–Crippen LogP) is 5.40. The van der Waals surface area contributed by atoms with Crippen LogP contribution in [0.3, 0.4) is 0 Å². The highest BCUT2D eigenvalue weighted by molar-refractivity contribution is 7.93. The average molecular weight is 550 g/mol. The highest BCUT2D eigenvalue weighted by Gasteiger charge is 2.77. The largest absolute Gasteiger partial charge is 0.411 e. The summed E-state index contributed by atoms with van der Waals surface area (Å²) in [6.45, 7) is 0. The van der Waals surface area contributed by atoms with Crippen LogP contribution in [0.4, 0.5) is 37.2 Å². The highest BCUT2D eigenvalue weighted by atomic mass is 32.2. The summed E-state index contributed by atoms with van der Waals surface area (Å²) < 4.78 is 113. The Balaban J connectivity index is 1.86. The van der Waals surface area contributed by atoms with Crippen LogP contribution in [-0.2, 0) is 10.0 Å². The maximum atomic E-state index is 14.3. The van der Waals surface area contributed by atoms with Crippen molar-refractivity contribution in [1.82, 2.24) is 4.98 Å². The molecule has 0 saturated heterocycles. The minimum absolute atomic E-state index is 0.0146. The zero-order valence-electron chi connectivity index (χ0n) is 18.1. The molecule has 2 aromatic rings. The number of benzene rings is 1. The third kappa shape index (κ3) is 3.88. The number of sulfonamides is 1. The maximum Gasteiger partial charge on any atom is 0.411 e. The molecule has 1 aliphatic carbocycles. The van der Waals surface area contributed by atoms with Crippen molar-refractivity contribution in [2.24, 2.45) is 11.1 Å². The quantitative estimate of drug-likeness (QED) is 0.494. The number of nitrogens with zero attached hydrogens (tertiary/aromatic N) is 3. The summed E-state index contributed by atoms with van der Waals surface area (Å²) in [5.74, 6) is -1.01. The number of nitrogens with two attached hydrogens (primary N) is 1. The van der Waals surface area contributed by atoms with E-state index in [4.69, 9.17) is 5.73 Å². The van der Waals surface area contributed by atoms with Crippen molar-refractivity contribution in [2.75, 3.05) is 9.62 Å². The number of alkyl halides is 6. The third-order valence-electron chi connectivity index (χ3n) is 6.05. The molecule has 2 aliphatic rings. The summed E-state index contributed by atoms with van der Waals surface area (Å²) >= 11 is 1.04. The molecule has 192 valence electrons. The molecule has 0 fully saturated rings. The van der Waals surface area contributed by atoms with Gasteiger partial charge in [-0.25, -0.2) is 13.4 Å².